The number of methoxy groups -OCH3 is 1. The third-order valence-electron chi connectivity index (χ3n) is 16.1. The van der Waals surface area contributed by atoms with E-state index in [2.05, 4.69) is 25.2 Å². The minimum atomic E-state index is -1.77. The molecule has 3 saturated heterocycles. The van der Waals surface area contributed by atoms with Crippen molar-refractivity contribution in [2.45, 2.75) is 161 Å². The summed E-state index contributed by atoms with van der Waals surface area (Å²) in [6, 6.07) is -0.993. The Kier molecular flexibility index (Phi) is 14.1. The third kappa shape index (κ3) is 8.57. The number of carbonyl (C=O) groups is 3. The average Bonchev–Trinajstić information content (AvgIpc) is 3.48. The van der Waals surface area contributed by atoms with Gasteiger partial charge in [0.05, 0.1) is 55.8 Å². The van der Waals surface area contributed by atoms with Gasteiger partial charge in [0, 0.05) is 42.4 Å². The van der Waals surface area contributed by atoms with E-state index >= 15 is 4.79 Å². The van der Waals surface area contributed by atoms with Gasteiger partial charge in [0.1, 0.15) is 17.4 Å². The molecule has 1 amide bonds. The van der Waals surface area contributed by atoms with Gasteiger partial charge in [0.25, 0.3) is 0 Å². The van der Waals surface area contributed by atoms with E-state index in [0.29, 0.717) is 17.6 Å². The second-order valence-corrected chi connectivity index (χ2v) is 20.4. The Morgan fingerprint density at radius 1 is 0.954 bits per heavy atom. The zero-order valence-corrected chi connectivity index (χ0v) is 39.1. The van der Waals surface area contributed by atoms with Crippen LogP contribution in [0, 0.1) is 52.0 Å². The molecule has 1 saturated carbocycles. The predicted molar refractivity (Wildman–Crippen MR) is 233 cm³/mol. The van der Waals surface area contributed by atoms with Crippen LogP contribution >= 0.6 is 0 Å². The molecule has 2 bridgehead atoms. The van der Waals surface area contributed by atoms with Crippen molar-refractivity contribution >= 4 is 17.8 Å². The summed E-state index contributed by atoms with van der Waals surface area (Å²) in [5.74, 6) is -4.53. The van der Waals surface area contributed by atoms with Crippen molar-refractivity contribution in [3.05, 3.63) is 63.6 Å². The molecule has 0 aromatic heterocycles. The first-order chi connectivity index (χ1) is 30.5. The molecule has 7 rings (SSSR count). The van der Waals surface area contributed by atoms with E-state index in [1.165, 1.54) is 14.0 Å². The van der Waals surface area contributed by atoms with E-state index in [9.17, 15) is 40.4 Å². The Hall–Kier alpha value is -3.49. The molecular weight excluding hydrogens is 845 g/mol. The van der Waals surface area contributed by atoms with E-state index < -0.39 is 113 Å². The van der Waals surface area contributed by atoms with Crippen LogP contribution in [-0.4, -0.2) is 129 Å². The monoisotopic (exact) mass is 913 g/mol. The Bertz CT molecular complexity index is 2000. The fraction of sp³-hybridized carbons (Fsp3) is 0.729. The zero-order valence-electron chi connectivity index (χ0n) is 39.1. The molecule has 19 atom stereocenters. The molecule has 362 valence electrons. The van der Waals surface area contributed by atoms with Gasteiger partial charge in [0.15, 0.2) is 18.2 Å². The van der Waals surface area contributed by atoms with Crippen molar-refractivity contribution in [2.24, 2.45) is 46.8 Å². The van der Waals surface area contributed by atoms with Crippen molar-refractivity contribution in [3.63, 3.8) is 0 Å². The maximum atomic E-state index is 15.3. The standard InChI is InChI=1S/C48H69N2O15/c1-22-11-14-34(63-36-20-46(8,50(58)59)41(28(7)62-36)49-45(57)60-10)23(2)16-30-17-29(21-51)26(5)19-48(30)43(55)37(44(56)65-48)42(54)47(9)32(22)13-12-31-38(47)24(3)15-25(4)40(31)64-35-18-33(52)39(53)27(6)61-35/h11-13,16-17,24-28,30-36,38-41,51-54,58H,14-15,18-21H2,1-10H3,(H,49,57)/q-1/b22-11+,23-16+,42-37?/t24-,25-,26+,27-,28+,30+,31-,32-,33+,34-,35-,36-,38+,39-,40-,41-,46-,47+,48-/m0/s1. The smallest absolute Gasteiger partial charge is 0.407 e. The van der Waals surface area contributed by atoms with Gasteiger partial charge < -0.3 is 64.6 Å². The number of aliphatic hydroxyl groups excluding tert-OH is 4. The predicted octanol–water partition coefficient (Wildman–Crippen LogP) is 5.07. The van der Waals surface area contributed by atoms with Gasteiger partial charge >= 0.3 is 12.1 Å². The fourth-order valence-corrected chi connectivity index (χ4v) is 12.6. The summed E-state index contributed by atoms with van der Waals surface area (Å²) in [6.45, 7) is 16.2. The van der Waals surface area contributed by atoms with Crippen molar-refractivity contribution in [2.75, 3.05) is 13.7 Å². The highest BCUT2D eigenvalue weighted by Crippen LogP contribution is 2.61. The van der Waals surface area contributed by atoms with E-state index in [1.807, 2.05) is 39.8 Å². The number of hydrogen-bond donors (Lipinski definition) is 6. The number of nitrogens with zero attached hydrogens (tertiary/aromatic N) is 1. The summed E-state index contributed by atoms with van der Waals surface area (Å²) in [5.41, 5.74) is -2.96. The highest BCUT2D eigenvalue weighted by Gasteiger charge is 2.63. The number of Topliss-reactive ketones (excluding diaryl/α,β-unsaturated/α-hetero) is 1. The summed E-state index contributed by atoms with van der Waals surface area (Å²) >= 11 is 0. The average molecular weight is 914 g/mol. The summed E-state index contributed by atoms with van der Waals surface area (Å²) in [6.07, 6.45) is 2.95. The van der Waals surface area contributed by atoms with Gasteiger partial charge in [-0.05, 0) is 82.3 Å². The van der Waals surface area contributed by atoms with Gasteiger partial charge in [-0.2, -0.15) is 0 Å². The lowest BCUT2D eigenvalue weighted by Crippen LogP contribution is -2.67. The van der Waals surface area contributed by atoms with Gasteiger partial charge in [-0.15, -0.1) is 0 Å². The zero-order chi connectivity index (χ0) is 47.7. The topological polar surface area (TPSA) is 246 Å². The lowest BCUT2D eigenvalue weighted by atomic mass is 9.49. The number of nitrogens with one attached hydrogen (secondary N) is 1. The highest BCUT2D eigenvalue weighted by atomic mass is 16.8. The Labute approximate surface area is 381 Å². The highest BCUT2D eigenvalue weighted by molar-refractivity contribution is 6.26. The molecule has 3 heterocycles. The lowest BCUT2D eigenvalue weighted by Gasteiger charge is -2.56. The summed E-state index contributed by atoms with van der Waals surface area (Å²) < 4.78 is 36.9. The van der Waals surface area contributed by atoms with Crippen LogP contribution in [-0.2, 0) is 38.0 Å². The number of amides is 1. The Morgan fingerprint density at radius 2 is 1.65 bits per heavy atom. The van der Waals surface area contributed by atoms with E-state index in [1.54, 1.807) is 26.0 Å². The lowest BCUT2D eigenvalue weighted by molar-refractivity contribution is -0.277. The van der Waals surface area contributed by atoms with E-state index in [0.717, 1.165) is 5.57 Å². The van der Waals surface area contributed by atoms with Crippen molar-refractivity contribution < 1.29 is 68.4 Å². The van der Waals surface area contributed by atoms with Crippen molar-refractivity contribution in [1.29, 1.82) is 0 Å². The molecule has 0 unspecified atom stereocenters. The van der Waals surface area contributed by atoms with Crippen LogP contribution in [0.15, 0.2) is 58.4 Å². The number of esters is 1. The van der Waals surface area contributed by atoms with Crippen LogP contribution in [0.3, 0.4) is 0 Å². The number of fused-ring (bicyclic) bond motifs is 4. The molecule has 7 aliphatic rings. The summed E-state index contributed by atoms with van der Waals surface area (Å²) in [4.78, 5) is 42.0. The number of rotatable bonds is 7. The number of alkyl carbamates (subject to hydrolysis) is 1. The van der Waals surface area contributed by atoms with Crippen molar-refractivity contribution in [1.82, 2.24) is 10.5 Å². The number of ketones is 1. The minimum Gasteiger partial charge on any atom is -0.762 e. The minimum absolute atomic E-state index is 0.00285. The largest absolute Gasteiger partial charge is 0.762 e. The molecule has 4 fully saturated rings. The number of hydroxylamine groups is 2. The number of hydrogen-bond acceptors (Lipinski definition) is 16. The van der Waals surface area contributed by atoms with Gasteiger partial charge in [-0.25, -0.2) is 9.59 Å². The first kappa shape index (κ1) is 49.4. The Morgan fingerprint density at radius 3 is 2.29 bits per heavy atom. The SMILES string of the molecule is COC(=O)N[C@H]1[C@@H](C)O[C@@H](O[C@H]2C/C=C(\C)[C@@H]3C=C[C@@H]4[C@@H](O[C@H]5C[C@@H](O)[C@@H](O)[C@H](C)O5)[C@@H](C)C[C@H](C)[C@H]4[C@]3(C)C(O)=C3C(=O)O[C@]4(C[C@@H](C)C(CO)=C[C@H]4/C=C/2C)C3=O)C[C@]1(C)N([O-])O. The first-order valence-corrected chi connectivity index (χ1v) is 23.1. The maximum absolute atomic E-state index is 15.3. The van der Waals surface area contributed by atoms with Gasteiger partial charge in [-0.1, -0.05) is 63.6 Å². The third-order valence-corrected chi connectivity index (χ3v) is 16.1. The first-order valence-electron chi connectivity index (χ1n) is 23.1. The number of ether oxygens (including phenoxy) is 6. The molecule has 0 aromatic carbocycles. The van der Waals surface area contributed by atoms with Gasteiger partial charge in [0.2, 0.25) is 5.78 Å². The van der Waals surface area contributed by atoms with Crippen LogP contribution in [0.5, 0.6) is 0 Å². The normalized spacial score (nSPS) is 47.3. The Balaban J connectivity index is 1.34. The van der Waals surface area contributed by atoms with Crippen LogP contribution < -0.4 is 5.32 Å². The van der Waals surface area contributed by atoms with E-state index in [-0.39, 0.29) is 66.9 Å². The van der Waals surface area contributed by atoms with Crippen LogP contribution in [0.2, 0.25) is 0 Å². The number of allylic oxidation sites excluding steroid dienone is 3. The van der Waals surface area contributed by atoms with Crippen LogP contribution in [0.4, 0.5) is 4.79 Å². The number of carbonyl (C=O) groups excluding carboxylic acids is 3. The molecular formula is C48H69N2O15-. The molecule has 4 aliphatic carbocycles. The van der Waals surface area contributed by atoms with Gasteiger partial charge in [-0.3, -0.25) is 10.0 Å². The second kappa shape index (κ2) is 18.5. The fourth-order valence-electron chi connectivity index (χ4n) is 12.6. The summed E-state index contributed by atoms with van der Waals surface area (Å²) in [7, 11) is 1.19. The molecule has 6 N–H and O–H groups in total. The quantitative estimate of drug-likeness (QED) is 0.0845. The van der Waals surface area contributed by atoms with Crippen molar-refractivity contribution in [3.8, 4) is 0 Å². The number of aliphatic hydroxyl groups is 4. The maximum Gasteiger partial charge on any atom is 0.407 e. The summed E-state index contributed by atoms with van der Waals surface area (Å²) in [5, 5.41) is 70.2. The molecule has 17 heteroatoms. The van der Waals surface area contributed by atoms with Crippen LogP contribution in [0.25, 0.3) is 0 Å². The molecule has 17 nitrogen and oxygen atoms in total. The second-order valence-electron chi connectivity index (χ2n) is 20.4. The van der Waals surface area contributed by atoms with Crippen LogP contribution in [0.1, 0.15) is 94.4 Å². The molecule has 3 aliphatic heterocycles. The molecule has 0 radical (unpaired) electrons. The molecule has 65 heavy (non-hydrogen) atoms. The molecule has 0 aromatic rings. The van der Waals surface area contributed by atoms with E-state index in [4.69, 9.17) is 28.4 Å². The molecule has 1 spiro atoms.